The second-order valence-corrected chi connectivity index (χ2v) is 12.4. The van der Waals surface area contributed by atoms with E-state index in [0.29, 0.717) is 29.2 Å². The van der Waals surface area contributed by atoms with Gasteiger partial charge in [-0.15, -0.1) is 0 Å². The Morgan fingerprint density at radius 1 is 1.14 bits per heavy atom. The second-order valence-electron chi connectivity index (χ2n) is 12.4. The van der Waals surface area contributed by atoms with Crippen molar-refractivity contribution >= 4 is 23.5 Å². The number of hydrogen-bond donors (Lipinski definition) is 2. The number of amides is 1. The van der Waals surface area contributed by atoms with E-state index in [1.165, 1.54) is 19.2 Å². The van der Waals surface area contributed by atoms with Gasteiger partial charge in [0.25, 0.3) is 0 Å². The van der Waals surface area contributed by atoms with Crippen LogP contribution in [0.15, 0.2) is 45.8 Å². The Balaban J connectivity index is 1.56. The summed E-state index contributed by atoms with van der Waals surface area (Å²) in [5, 5.41) is 6.57. The number of anilines is 1. The van der Waals surface area contributed by atoms with E-state index in [-0.39, 0.29) is 35.9 Å². The van der Waals surface area contributed by atoms with Gasteiger partial charge in [-0.3, -0.25) is 4.79 Å². The first-order valence-electron chi connectivity index (χ1n) is 14.0. The van der Waals surface area contributed by atoms with E-state index in [0.717, 1.165) is 11.1 Å². The summed E-state index contributed by atoms with van der Waals surface area (Å²) < 4.78 is 39.0. The molecule has 218 valence electrons. The summed E-state index contributed by atoms with van der Waals surface area (Å²) >= 11 is 0. The van der Waals surface area contributed by atoms with Crippen LogP contribution in [-0.2, 0) is 30.9 Å². The lowest BCUT2D eigenvalue weighted by molar-refractivity contribution is -0.142. The molecule has 5 heterocycles. The summed E-state index contributed by atoms with van der Waals surface area (Å²) in [4.78, 5) is 35.2. The monoisotopic (exact) mass is 574 g/mol. The molecule has 5 atom stereocenters. The number of nitrogens with zero attached hydrogens (tertiary/aromatic N) is 2. The van der Waals surface area contributed by atoms with Crippen molar-refractivity contribution in [3.05, 3.63) is 76.3 Å². The number of esters is 1. The van der Waals surface area contributed by atoms with Gasteiger partial charge in [-0.05, 0) is 41.7 Å². The largest absolute Gasteiger partial charge is 0.473 e. The Morgan fingerprint density at radius 2 is 1.95 bits per heavy atom. The fourth-order valence-electron chi connectivity index (χ4n) is 6.38. The lowest BCUT2D eigenvalue weighted by Crippen LogP contribution is -2.41. The van der Waals surface area contributed by atoms with Crippen LogP contribution in [0.4, 0.5) is 10.1 Å². The maximum Gasteiger partial charge on any atom is 0.334 e. The van der Waals surface area contributed by atoms with E-state index in [2.05, 4.69) is 15.6 Å². The van der Waals surface area contributed by atoms with Gasteiger partial charge in [-0.1, -0.05) is 39.8 Å². The van der Waals surface area contributed by atoms with Crippen molar-refractivity contribution in [1.29, 1.82) is 0 Å². The zero-order valence-electron chi connectivity index (χ0n) is 23.9. The van der Waals surface area contributed by atoms with E-state index >= 15 is 0 Å². The molecule has 3 aromatic rings. The molecule has 0 saturated carbocycles. The highest BCUT2D eigenvalue weighted by molar-refractivity contribution is 5.98. The summed E-state index contributed by atoms with van der Waals surface area (Å²) in [6, 6.07) is 8.83. The molecule has 10 nitrogen and oxygen atoms in total. The Labute approximate surface area is 241 Å². The van der Waals surface area contributed by atoms with Gasteiger partial charge in [-0.25, -0.2) is 19.2 Å². The quantitative estimate of drug-likeness (QED) is 0.440. The Morgan fingerprint density at radius 3 is 2.71 bits per heavy atom. The number of halogens is 1. The summed E-state index contributed by atoms with van der Waals surface area (Å²) in [6.45, 7) is 7.80. The fraction of sp³-hybridized carbons (Fsp3) is 0.419. The van der Waals surface area contributed by atoms with Crippen molar-refractivity contribution < 1.29 is 32.6 Å². The van der Waals surface area contributed by atoms with Crippen molar-refractivity contribution in [2.75, 3.05) is 19.0 Å². The number of carbonyl (C=O) groups excluding carboxylic acids is 2. The van der Waals surface area contributed by atoms with Gasteiger partial charge < -0.3 is 29.3 Å². The average Bonchev–Trinajstić information content (AvgIpc) is 3.71. The molecule has 2 N–H and O–H groups in total. The normalized spacial score (nSPS) is 27.3. The third-order valence-electron chi connectivity index (χ3n) is 8.52. The first kappa shape index (κ1) is 26.5. The van der Waals surface area contributed by atoms with Crippen LogP contribution in [0.1, 0.15) is 67.8 Å². The smallest absolute Gasteiger partial charge is 0.334 e. The van der Waals surface area contributed by atoms with Gasteiger partial charge in [0.2, 0.25) is 17.7 Å². The first-order chi connectivity index (χ1) is 20.0. The second kappa shape index (κ2) is 9.04. The maximum absolute atomic E-state index is 15.0. The Kier molecular flexibility index (Phi) is 5.70. The molecule has 1 spiro atoms. The number of ether oxygens (including phenoxy) is 3. The van der Waals surface area contributed by atoms with Crippen LogP contribution in [0.2, 0.25) is 0 Å². The van der Waals surface area contributed by atoms with Crippen LogP contribution in [0.25, 0.3) is 0 Å². The molecule has 11 heteroatoms. The highest BCUT2D eigenvalue weighted by Gasteiger charge is 2.61. The van der Waals surface area contributed by atoms with E-state index in [9.17, 15) is 14.0 Å². The highest BCUT2D eigenvalue weighted by atomic mass is 19.1. The van der Waals surface area contributed by atoms with Crippen molar-refractivity contribution in [3.8, 4) is 5.75 Å². The number of aromatic nitrogens is 1. The van der Waals surface area contributed by atoms with E-state index < -0.39 is 40.9 Å². The predicted octanol–water partition coefficient (Wildman–Crippen LogP) is 4.01. The zero-order chi connectivity index (χ0) is 29.6. The number of carbonyl (C=O) groups is 2. The van der Waals surface area contributed by atoms with E-state index in [1.54, 1.807) is 6.07 Å². The molecule has 4 bridgehead atoms. The Bertz CT molecular complexity index is 1680. The summed E-state index contributed by atoms with van der Waals surface area (Å²) in [5.41, 5.74) is 1.51. The molecule has 0 radical (unpaired) electrons. The van der Waals surface area contributed by atoms with Gasteiger partial charge in [0.15, 0.2) is 23.7 Å². The fourth-order valence-corrected chi connectivity index (χ4v) is 6.38. The molecule has 4 aliphatic heterocycles. The van der Waals surface area contributed by atoms with Crippen LogP contribution >= 0.6 is 0 Å². The number of oxazole rings is 1. The van der Waals surface area contributed by atoms with Crippen LogP contribution < -0.4 is 15.4 Å². The molecule has 4 aliphatic rings. The van der Waals surface area contributed by atoms with Gasteiger partial charge >= 0.3 is 5.97 Å². The standard InChI is InChI=1S/C31H31FN4O6/c1-14-10-15-6-9-21-18(11-15)31(17-12-16(32)7-8-19(17)34-29(31)41-21)24-22(26-33-20(13-40-26)28(38)39-5)35-27(42-24)23(30(2,3)4)36-25(14)37/h6-9,11-12,14,20,23,29,34H,10,13H2,1-5H3,(H,36,37)/t14-,20?,23+,29+,31-/m0/s1. The molecule has 1 amide bonds. The third-order valence-corrected chi connectivity index (χ3v) is 8.52. The van der Waals surface area contributed by atoms with Crippen LogP contribution in [0.5, 0.6) is 5.75 Å². The lowest BCUT2D eigenvalue weighted by Gasteiger charge is -2.31. The van der Waals surface area contributed by atoms with E-state index in [4.69, 9.17) is 23.6 Å². The summed E-state index contributed by atoms with van der Waals surface area (Å²) in [5.74, 6) is -0.211. The van der Waals surface area contributed by atoms with Gasteiger partial charge in [0, 0.05) is 22.7 Å². The number of fused-ring (bicyclic) bond motifs is 4. The summed E-state index contributed by atoms with van der Waals surface area (Å²) in [7, 11) is 1.29. The first-order valence-corrected chi connectivity index (χ1v) is 14.0. The maximum atomic E-state index is 15.0. The highest BCUT2D eigenvalue weighted by Crippen LogP contribution is 2.59. The molecule has 1 unspecified atom stereocenters. The van der Waals surface area contributed by atoms with Gasteiger partial charge in [0.1, 0.15) is 29.6 Å². The number of benzene rings is 2. The number of methoxy groups -OCH3 is 1. The van der Waals surface area contributed by atoms with Gasteiger partial charge in [0.05, 0.1) is 7.11 Å². The molecule has 0 fully saturated rings. The van der Waals surface area contributed by atoms with Crippen molar-refractivity contribution in [3.63, 3.8) is 0 Å². The molecule has 2 aromatic carbocycles. The van der Waals surface area contributed by atoms with Crippen molar-refractivity contribution in [1.82, 2.24) is 10.3 Å². The SMILES string of the molecule is COC(=O)C1COC(c2nc3oc2[C@@]24c5cc(F)ccc5N[C@@H]2Oc2ccc(cc24)C[C@H](C)C(=O)N[C@H]3C(C)(C)C)=N1. The van der Waals surface area contributed by atoms with Crippen LogP contribution in [0, 0.1) is 17.2 Å². The number of aliphatic imine (C=N–C) groups is 1. The van der Waals surface area contributed by atoms with E-state index in [1.807, 2.05) is 45.9 Å². The lowest BCUT2D eigenvalue weighted by atomic mass is 9.72. The van der Waals surface area contributed by atoms with Crippen LogP contribution in [0.3, 0.4) is 0 Å². The molecule has 0 aliphatic carbocycles. The van der Waals surface area contributed by atoms with Crippen molar-refractivity contribution in [2.45, 2.75) is 57.8 Å². The Hall–Kier alpha value is -4.41. The molecule has 1 aromatic heterocycles. The number of nitrogens with one attached hydrogen (secondary N) is 2. The topological polar surface area (TPSA) is 124 Å². The predicted molar refractivity (Wildman–Crippen MR) is 149 cm³/mol. The molecular formula is C31H31FN4O6. The minimum Gasteiger partial charge on any atom is -0.473 e. The molecular weight excluding hydrogens is 543 g/mol. The minimum atomic E-state index is -1.19. The van der Waals surface area contributed by atoms with Crippen molar-refractivity contribution in [2.24, 2.45) is 16.3 Å². The number of hydrogen-bond acceptors (Lipinski definition) is 9. The molecule has 0 saturated heterocycles. The minimum absolute atomic E-state index is 0.0300. The van der Waals surface area contributed by atoms with Gasteiger partial charge in [-0.2, -0.15) is 0 Å². The zero-order valence-corrected chi connectivity index (χ0v) is 23.9. The van der Waals surface area contributed by atoms with Crippen LogP contribution in [-0.4, -0.2) is 48.7 Å². The number of rotatable bonds is 2. The average molecular weight is 575 g/mol. The summed E-state index contributed by atoms with van der Waals surface area (Å²) in [6.07, 6.45) is -0.226. The third kappa shape index (κ3) is 3.75. The molecule has 7 rings (SSSR count). The molecule has 42 heavy (non-hydrogen) atoms.